The van der Waals surface area contributed by atoms with Gasteiger partial charge in [0.05, 0.1) is 30.7 Å². The minimum absolute atomic E-state index is 0.0351. The van der Waals surface area contributed by atoms with Crippen LogP contribution in [0, 0.1) is 0 Å². The maximum Gasteiger partial charge on any atom is 0.254 e. The number of rotatable bonds is 6. The van der Waals surface area contributed by atoms with Crippen molar-refractivity contribution in [1.29, 1.82) is 0 Å². The van der Waals surface area contributed by atoms with E-state index in [0.717, 1.165) is 5.56 Å². The van der Waals surface area contributed by atoms with Crippen molar-refractivity contribution in [3.63, 3.8) is 0 Å². The van der Waals surface area contributed by atoms with Gasteiger partial charge in [0.15, 0.2) is 9.84 Å². The summed E-state index contributed by atoms with van der Waals surface area (Å²) in [4.78, 5) is 14.9. The topological polar surface area (TPSA) is 72.9 Å². The SMILES string of the molecule is COc1cccc(CN(C(=O)c2ccc(OC)c(Cl)c2)C2CCS(=O)(=O)C2)c1. The molecule has 0 aromatic heterocycles. The molecule has 1 saturated heterocycles. The minimum atomic E-state index is -3.14. The molecule has 1 aliphatic heterocycles. The Bertz CT molecular complexity index is 976. The smallest absolute Gasteiger partial charge is 0.254 e. The van der Waals surface area contributed by atoms with Gasteiger partial charge in [0.1, 0.15) is 11.5 Å². The van der Waals surface area contributed by atoms with Gasteiger partial charge in [0.2, 0.25) is 0 Å². The molecular formula is C20H22ClNO5S. The fraction of sp³-hybridized carbons (Fsp3) is 0.350. The summed E-state index contributed by atoms with van der Waals surface area (Å²) in [6, 6.07) is 11.8. The molecule has 2 aromatic rings. The predicted molar refractivity (Wildman–Crippen MR) is 108 cm³/mol. The number of nitrogens with zero attached hydrogens (tertiary/aromatic N) is 1. The largest absolute Gasteiger partial charge is 0.497 e. The van der Waals surface area contributed by atoms with Crippen molar-refractivity contribution in [1.82, 2.24) is 4.90 Å². The van der Waals surface area contributed by atoms with E-state index in [4.69, 9.17) is 21.1 Å². The first-order chi connectivity index (χ1) is 13.3. The summed E-state index contributed by atoms with van der Waals surface area (Å²) in [5.74, 6) is 0.933. The van der Waals surface area contributed by atoms with Gasteiger partial charge in [-0.15, -0.1) is 0 Å². The zero-order valence-corrected chi connectivity index (χ0v) is 17.3. The van der Waals surface area contributed by atoms with Crippen LogP contribution in [0.15, 0.2) is 42.5 Å². The summed E-state index contributed by atoms with van der Waals surface area (Å²) in [5, 5.41) is 0.328. The minimum Gasteiger partial charge on any atom is -0.497 e. The Morgan fingerprint density at radius 2 is 1.96 bits per heavy atom. The number of carbonyl (C=O) groups is 1. The Kier molecular flexibility index (Phi) is 6.15. The average molecular weight is 424 g/mol. The lowest BCUT2D eigenvalue weighted by molar-refractivity contribution is 0.0680. The van der Waals surface area contributed by atoms with Crippen LogP contribution >= 0.6 is 11.6 Å². The van der Waals surface area contributed by atoms with Gasteiger partial charge in [-0.1, -0.05) is 23.7 Å². The van der Waals surface area contributed by atoms with E-state index in [0.29, 0.717) is 28.5 Å². The molecule has 0 spiro atoms. The highest BCUT2D eigenvalue weighted by Gasteiger charge is 2.35. The highest BCUT2D eigenvalue weighted by atomic mass is 35.5. The number of halogens is 1. The maximum atomic E-state index is 13.3. The lowest BCUT2D eigenvalue weighted by Gasteiger charge is -2.29. The van der Waals surface area contributed by atoms with Crippen LogP contribution < -0.4 is 9.47 Å². The summed E-state index contributed by atoms with van der Waals surface area (Å²) in [6.07, 6.45) is 0.419. The van der Waals surface area contributed by atoms with Crippen molar-refractivity contribution < 1.29 is 22.7 Å². The molecule has 28 heavy (non-hydrogen) atoms. The van der Waals surface area contributed by atoms with Crippen LogP contribution in [0.1, 0.15) is 22.3 Å². The summed E-state index contributed by atoms with van der Waals surface area (Å²) in [6.45, 7) is 0.278. The first-order valence-corrected chi connectivity index (χ1v) is 11.0. The van der Waals surface area contributed by atoms with E-state index < -0.39 is 9.84 Å². The van der Waals surface area contributed by atoms with Gasteiger partial charge in [0, 0.05) is 18.2 Å². The van der Waals surface area contributed by atoms with Gasteiger partial charge >= 0.3 is 0 Å². The van der Waals surface area contributed by atoms with Gasteiger partial charge in [0.25, 0.3) is 5.91 Å². The van der Waals surface area contributed by atoms with Gasteiger partial charge in [-0.3, -0.25) is 4.79 Å². The molecule has 1 aliphatic rings. The molecule has 0 saturated carbocycles. The number of hydrogen-bond donors (Lipinski definition) is 0. The number of hydrogen-bond acceptors (Lipinski definition) is 5. The average Bonchev–Trinajstić information content (AvgIpc) is 3.05. The molecule has 0 bridgehead atoms. The van der Waals surface area contributed by atoms with E-state index >= 15 is 0 Å². The molecule has 1 amide bonds. The Hall–Kier alpha value is -2.25. The molecule has 0 radical (unpaired) electrons. The van der Waals surface area contributed by atoms with Crippen LogP contribution in [0.5, 0.6) is 11.5 Å². The Morgan fingerprint density at radius 1 is 1.18 bits per heavy atom. The van der Waals surface area contributed by atoms with Crippen LogP contribution in [-0.4, -0.2) is 51.0 Å². The highest BCUT2D eigenvalue weighted by molar-refractivity contribution is 7.91. The quantitative estimate of drug-likeness (QED) is 0.713. The fourth-order valence-electron chi connectivity index (χ4n) is 3.32. The fourth-order valence-corrected chi connectivity index (χ4v) is 5.31. The number of methoxy groups -OCH3 is 2. The zero-order chi connectivity index (χ0) is 20.3. The molecule has 8 heteroatoms. The van der Waals surface area contributed by atoms with Crippen molar-refractivity contribution >= 4 is 27.3 Å². The van der Waals surface area contributed by atoms with Gasteiger partial charge in [-0.2, -0.15) is 0 Å². The Labute approximate surface area is 169 Å². The number of sulfone groups is 1. The molecule has 0 aliphatic carbocycles. The van der Waals surface area contributed by atoms with Crippen molar-refractivity contribution in [2.75, 3.05) is 25.7 Å². The van der Waals surface area contributed by atoms with E-state index in [1.807, 2.05) is 24.3 Å². The molecule has 1 heterocycles. The van der Waals surface area contributed by atoms with E-state index in [-0.39, 0.29) is 30.0 Å². The van der Waals surface area contributed by atoms with E-state index in [1.54, 1.807) is 30.2 Å². The molecule has 150 valence electrons. The molecule has 6 nitrogen and oxygen atoms in total. The molecule has 0 N–H and O–H groups in total. The second-order valence-electron chi connectivity index (χ2n) is 6.69. The lowest BCUT2D eigenvalue weighted by atomic mass is 10.1. The first-order valence-electron chi connectivity index (χ1n) is 8.81. The van der Waals surface area contributed by atoms with E-state index in [9.17, 15) is 13.2 Å². The van der Waals surface area contributed by atoms with E-state index in [1.165, 1.54) is 7.11 Å². The Balaban J connectivity index is 1.93. The van der Waals surface area contributed by atoms with Crippen LogP contribution in [0.3, 0.4) is 0 Å². The predicted octanol–water partition coefficient (Wildman–Crippen LogP) is 3.19. The van der Waals surface area contributed by atoms with Crippen molar-refractivity contribution in [2.24, 2.45) is 0 Å². The van der Waals surface area contributed by atoms with Crippen LogP contribution in [0.25, 0.3) is 0 Å². The molecular weight excluding hydrogens is 402 g/mol. The second kappa shape index (κ2) is 8.41. The number of carbonyl (C=O) groups excluding carboxylic acids is 1. The van der Waals surface area contributed by atoms with Crippen molar-refractivity contribution in [2.45, 2.75) is 19.0 Å². The summed E-state index contributed by atoms with van der Waals surface area (Å²) < 4.78 is 34.4. The summed E-state index contributed by atoms with van der Waals surface area (Å²) >= 11 is 6.17. The molecule has 3 rings (SSSR count). The standard InChI is InChI=1S/C20H22ClNO5S/c1-26-17-5-3-4-14(10-17)12-22(16-8-9-28(24,25)13-16)20(23)15-6-7-19(27-2)18(21)11-15/h3-7,10-11,16H,8-9,12-13H2,1-2H3. The summed E-state index contributed by atoms with van der Waals surface area (Å²) in [7, 11) is -0.0693. The third-order valence-electron chi connectivity index (χ3n) is 4.80. The van der Waals surface area contributed by atoms with Crippen LogP contribution in [0.2, 0.25) is 5.02 Å². The first kappa shape index (κ1) is 20.5. The van der Waals surface area contributed by atoms with Gasteiger partial charge < -0.3 is 14.4 Å². The maximum absolute atomic E-state index is 13.3. The second-order valence-corrected chi connectivity index (χ2v) is 9.33. The lowest BCUT2D eigenvalue weighted by Crippen LogP contribution is -2.40. The third kappa shape index (κ3) is 4.59. The number of benzene rings is 2. The zero-order valence-electron chi connectivity index (χ0n) is 15.7. The number of amides is 1. The van der Waals surface area contributed by atoms with Gasteiger partial charge in [-0.25, -0.2) is 8.42 Å². The molecule has 1 fully saturated rings. The van der Waals surface area contributed by atoms with Gasteiger partial charge in [-0.05, 0) is 42.3 Å². The summed E-state index contributed by atoms with van der Waals surface area (Å²) in [5.41, 5.74) is 1.25. The number of ether oxygens (including phenoxy) is 2. The normalized spacial score (nSPS) is 17.9. The third-order valence-corrected chi connectivity index (χ3v) is 6.84. The Morgan fingerprint density at radius 3 is 2.57 bits per heavy atom. The van der Waals surface area contributed by atoms with Crippen molar-refractivity contribution in [3.8, 4) is 11.5 Å². The van der Waals surface area contributed by atoms with Crippen molar-refractivity contribution in [3.05, 3.63) is 58.6 Å². The van der Waals surface area contributed by atoms with Crippen LogP contribution in [0.4, 0.5) is 0 Å². The molecule has 1 unspecified atom stereocenters. The monoisotopic (exact) mass is 423 g/mol. The molecule has 2 aromatic carbocycles. The van der Waals surface area contributed by atoms with E-state index in [2.05, 4.69) is 0 Å². The highest BCUT2D eigenvalue weighted by Crippen LogP contribution is 2.28. The van der Waals surface area contributed by atoms with Crippen LogP contribution in [-0.2, 0) is 16.4 Å². The molecule has 1 atom stereocenters.